The third kappa shape index (κ3) is 3.62. The van der Waals surface area contributed by atoms with Gasteiger partial charge >= 0.3 is 0 Å². The predicted octanol–water partition coefficient (Wildman–Crippen LogP) is 2.60. The maximum atomic E-state index is 13.1. The molecule has 2 heterocycles. The van der Waals surface area contributed by atoms with Gasteiger partial charge in [0.2, 0.25) is 5.91 Å². The van der Waals surface area contributed by atoms with Crippen molar-refractivity contribution in [1.82, 2.24) is 5.01 Å². The van der Waals surface area contributed by atoms with E-state index < -0.39 is 29.8 Å². The van der Waals surface area contributed by atoms with Gasteiger partial charge in [0.1, 0.15) is 6.54 Å². The molecule has 1 N–H and O–H groups in total. The Morgan fingerprint density at radius 1 is 1.12 bits per heavy atom. The number of ether oxygens (including phenoxy) is 2. The third-order valence-electron chi connectivity index (χ3n) is 5.33. The summed E-state index contributed by atoms with van der Waals surface area (Å²) in [5.74, 6) is -0.629. The maximum absolute atomic E-state index is 13.1. The van der Waals surface area contributed by atoms with Crippen molar-refractivity contribution in [3.8, 4) is 11.5 Å². The van der Waals surface area contributed by atoms with Gasteiger partial charge in [0.15, 0.2) is 23.6 Å². The minimum absolute atomic E-state index is 0.255. The zero-order chi connectivity index (χ0) is 23.0. The third-order valence-corrected chi connectivity index (χ3v) is 5.74. The Morgan fingerprint density at radius 2 is 1.88 bits per heavy atom. The molecule has 0 radical (unpaired) electrons. The molecule has 10 nitrogen and oxygen atoms in total. The highest BCUT2D eigenvalue weighted by atomic mass is 35.5. The van der Waals surface area contributed by atoms with E-state index in [9.17, 15) is 14.4 Å². The zero-order valence-electron chi connectivity index (χ0n) is 17.5. The topological polar surface area (TPSA) is 113 Å². The Bertz CT molecular complexity index is 1140. The summed E-state index contributed by atoms with van der Waals surface area (Å²) in [6, 6.07) is 7.85. The number of nitrogens with zero attached hydrogens (tertiary/aromatic N) is 4. The van der Waals surface area contributed by atoms with E-state index in [0.29, 0.717) is 27.9 Å². The number of fused-ring (bicyclic) bond motifs is 1. The highest BCUT2D eigenvalue weighted by molar-refractivity contribution is 6.31. The number of hydrogen-bond acceptors (Lipinski definition) is 8. The average molecular weight is 458 g/mol. The van der Waals surface area contributed by atoms with Crippen LogP contribution in [0.15, 0.2) is 46.7 Å². The van der Waals surface area contributed by atoms with Crippen LogP contribution in [-0.2, 0) is 14.4 Å². The van der Waals surface area contributed by atoms with Gasteiger partial charge in [-0.1, -0.05) is 22.9 Å². The van der Waals surface area contributed by atoms with Gasteiger partial charge in [0.05, 0.1) is 19.9 Å². The van der Waals surface area contributed by atoms with Gasteiger partial charge in [-0.25, -0.2) is 4.90 Å². The number of rotatable bonds is 6. The van der Waals surface area contributed by atoms with E-state index in [1.807, 2.05) is 0 Å². The Balaban J connectivity index is 1.52. The van der Waals surface area contributed by atoms with Crippen LogP contribution in [0.25, 0.3) is 0 Å². The molecule has 2 aliphatic rings. The Morgan fingerprint density at radius 3 is 2.59 bits per heavy atom. The number of carbonyl (C=O) groups is 3. The molecule has 0 bridgehead atoms. The summed E-state index contributed by atoms with van der Waals surface area (Å²) in [6.07, 6.45) is 0. The summed E-state index contributed by atoms with van der Waals surface area (Å²) in [5.41, 5.74) is 1.59. The molecule has 2 atom stereocenters. The lowest BCUT2D eigenvalue weighted by atomic mass is 10.1. The van der Waals surface area contributed by atoms with Crippen LogP contribution >= 0.6 is 11.6 Å². The molecule has 2 aromatic carbocycles. The summed E-state index contributed by atoms with van der Waals surface area (Å²) in [5, 5.41) is 12.3. The first-order valence-corrected chi connectivity index (χ1v) is 10.1. The Labute approximate surface area is 188 Å². The minimum Gasteiger partial charge on any atom is -0.493 e. The van der Waals surface area contributed by atoms with Crippen molar-refractivity contribution in [1.29, 1.82) is 0 Å². The molecule has 2 aliphatic heterocycles. The van der Waals surface area contributed by atoms with Crippen molar-refractivity contribution >= 4 is 40.7 Å². The van der Waals surface area contributed by atoms with E-state index >= 15 is 0 Å². The molecule has 3 amide bonds. The van der Waals surface area contributed by atoms with Crippen LogP contribution in [0.1, 0.15) is 5.56 Å². The van der Waals surface area contributed by atoms with Gasteiger partial charge in [-0.15, -0.1) is 0 Å². The normalized spacial score (nSPS) is 19.4. The molecule has 0 unspecified atom stereocenters. The van der Waals surface area contributed by atoms with Gasteiger partial charge in [-0.3, -0.25) is 19.4 Å². The van der Waals surface area contributed by atoms with E-state index in [0.717, 1.165) is 10.5 Å². The lowest BCUT2D eigenvalue weighted by Crippen LogP contribution is -2.43. The van der Waals surface area contributed by atoms with Crippen molar-refractivity contribution in [2.75, 3.05) is 31.0 Å². The number of benzene rings is 2. The molecular formula is C21H20ClN5O5. The molecular weight excluding hydrogens is 438 g/mol. The SMILES string of the molecule is COc1ccc(N2C(=O)[C@@H]3[C@@H](N=NN3CC(=O)Nc3cccc(Cl)c3C)C2=O)cc1OC. The van der Waals surface area contributed by atoms with Gasteiger partial charge in [0, 0.05) is 16.8 Å². The fourth-order valence-electron chi connectivity index (χ4n) is 3.65. The Hall–Kier alpha value is -3.66. The fourth-order valence-corrected chi connectivity index (χ4v) is 3.83. The van der Waals surface area contributed by atoms with E-state index in [1.165, 1.54) is 25.3 Å². The molecule has 1 saturated heterocycles. The highest BCUT2D eigenvalue weighted by Gasteiger charge is 2.55. The van der Waals surface area contributed by atoms with Gasteiger partial charge in [-0.05, 0) is 36.8 Å². The average Bonchev–Trinajstić information content (AvgIpc) is 3.30. The van der Waals surface area contributed by atoms with Crippen molar-refractivity contribution < 1.29 is 23.9 Å². The molecule has 11 heteroatoms. The van der Waals surface area contributed by atoms with Crippen molar-refractivity contribution in [2.45, 2.75) is 19.0 Å². The maximum Gasteiger partial charge on any atom is 0.263 e. The van der Waals surface area contributed by atoms with Gasteiger partial charge < -0.3 is 14.8 Å². The number of anilines is 2. The van der Waals surface area contributed by atoms with Crippen LogP contribution < -0.4 is 19.7 Å². The molecule has 4 rings (SSSR count). The second kappa shape index (κ2) is 8.46. The first-order valence-electron chi connectivity index (χ1n) is 9.68. The summed E-state index contributed by atoms with van der Waals surface area (Å²) in [6.45, 7) is 1.53. The van der Waals surface area contributed by atoms with Crippen molar-refractivity contribution in [2.24, 2.45) is 10.3 Å². The number of methoxy groups -OCH3 is 2. The first-order chi connectivity index (χ1) is 15.3. The zero-order valence-corrected chi connectivity index (χ0v) is 18.3. The summed E-state index contributed by atoms with van der Waals surface area (Å²) < 4.78 is 10.5. The second-order valence-corrected chi connectivity index (χ2v) is 7.61. The van der Waals surface area contributed by atoms with E-state index in [4.69, 9.17) is 21.1 Å². The second-order valence-electron chi connectivity index (χ2n) is 7.20. The molecule has 0 spiro atoms. The predicted molar refractivity (Wildman–Crippen MR) is 116 cm³/mol. The van der Waals surface area contributed by atoms with Crippen LogP contribution in [0.2, 0.25) is 5.02 Å². The number of amides is 3. The van der Waals surface area contributed by atoms with Gasteiger partial charge in [0.25, 0.3) is 11.8 Å². The summed E-state index contributed by atoms with van der Waals surface area (Å²) in [4.78, 5) is 39.6. The molecule has 2 aromatic rings. The minimum atomic E-state index is -1.02. The lowest BCUT2D eigenvalue weighted by Gasteiger charge is -2.21. The van der Waals surface area contributed by atoms with Crippen LogP contribution in [0.5, 0.6) is 11.5 Å². The van der Waals surface area contributed by atoms with E-state index in [1.54, 1.807) is 37.3 Å². The highest BCUT2D eigenvalue weighted by Crippen LogP contribution is 2.36. The quantitative estimate of drug-likeness (QED) is 0.667. The van der Waals surface area contributed by atoms with Crippen LogP contribution in [-0.4, -0.2) is 55.6 Å². The first kappa shape index (κ1) is 21.6. The largest absolute Gasteiger partial charge is 0.493 e. The number of carbonyl (C=O) groups excluding carboxylic acids is 3. The monoisotopic (exact) mass is 457 g/mol. The van der Waals surface area contributed by atoms with E-state index in [-0.39, 0.29) is 6.54 Å². The van der Waals surface area contributed by atoms with E-state index in [2.05, 4.69) is 15.7 Å². The van der Waals surface area contributed by atoms with Crippen molar-refractivity contribution in [3.05, 3.63) is 47.0 Å². The summed E-state index contributed by atoms with van der Waals surface area (Å²) in [7, 11) is 2.95. The number of halogens is 1. The number of nitrogens with one attached hydrogen (secondary N) is 1. The standard InChI is InChI=1S/C21H20ClN5O5/c1-11-13(22)5-4-6-14(11)23-17(28)10-26-19-18(24-25-26)20(29)27(21(19)30)12-7-8-15(31-2)16(9-12)32-3/h4-9,18-19H,10H2,1-3H3,(H,23,28)/t18-,19+/m1/s1. The number of hydrogen-bond donors (Lipinski definition) is 1. The fraction of sp³-hybridized carbons (Fsp3) is 0.286. The van der Waals surface area contributed by atoms with Crippen molar-refractivity contribution in [3.63, 3.8) is 0 Å². The molecule has 0 saturated carbocycles. The lowest BCUT2D eigenvalue weighted by molar-refractivity contribution is -0.123. The van der Waals surface area contributed by atoms with Crippen LogP contribution in [0.4, 0.5) is 11.4 Å². The molecule has 0 aromatic heterocycles. The van der Waals surface area contributed by atoms with Gasteiger partial charge in [-0.2, -0.15) is 5.11 Å². The molecule has 32 heavy (non-hydrogen) atoms. The van der Waals surface area contributed by atoms with Crippen LogP contribution in [0.3, 0.4) is 0 Å². The molecule has 1 fully saturated rings. The number of imide groups is 1. The molecule has 0 aliphatic carbocycles. The molecule has 166 valence electrons. The Kier molecular flexibility index (Phi) is 5.70. The summed E-state index contributed by atoms with van der Waals surface area (Å²) >= 11 is 6.09. The van der Waals surface area contributed by atoms with Crippen LogP contribution in [0, 0.1) is 6.92 Å². The smallest absolute Gasteiger partial charge is 0.263 e.